The molecule has 12 rings (SSSR count). The minimum absolute atomic E-state index is 0.888. The Kier molecular flexibility index (Phi) is 7.40. The van der Waals surface area contributed by atoms with Gasteiger partial charge in [0.2, 0.25) is 0 Å². The average molecular weight is 759 g/mol. The highest BCUT2D eigenvalue weighted by atomic mass is 32.1. The van der Waals surface area contributed by atoms with Gasteiger partial charge in [0.05, 0.1) is 22.4 Å². The number of fused-ring (bicyclic) bond motifs is 9. The van der Waals surface area contributed by atoms with E-state index in [4.69, 9.17) is 4.42 Å². The average Bonchev–Trinajstić information content (AvgIpc) is 3.97. The number of para-hydroxylation sites is 4. The summed E-state index contributed by atoms with van der Waals surface area (Å²) in [5.41, 5.74) is 13.4. The second-order valence-electron chi connectivity index (χ2n) is 14.9. The van der Waals surface area contributed by atoms with Gasteiger partial charge in [-0.3, -0.25) is 0 Å². The van der Waals surface area contributed by atoms with E-state index in [1.54, 1.807) is 0 Å². The van der Waals surface area contributed by atoms with Gasteiger partial charge in [0.1, 0.15) is 11.2 Å². The number of benzene rings is 9. The van der Waals surface area contributed by atoms with Crippen molar-refractivity contribution in [2.45, 2.75) is 0 Å². The normalized spacial score (nSPS) is 11.8. The van der Waals surface area contributed by atoms with Gasteiger partial charge < -0.3 is 13.9 Å². The molecule has 0 saturated carbocycles. The van der Waals surface area contributed by atoms with E-state index < -0.39 is 0 Å². The van der Waals surface area contributed by atoms with Crippen molar-refractivity contribution in [3.63, 3.8) is 0 Å². The van der Waals surface area contributed by atoms with Crippen LogP contribution in [-0.2, 0) is 0 Å². The summed E-state index contributed by atoms with van der Waals surface area (Å²) >= 11 is 1.85. The van der Waals surface area contributed by atoms with Gasteiger partial charge in [-0.2, -0.15) is 0 Å². The highest BCUT2D eigenvalue weighted by Gasteiger charge is 2.21. The van der Waals surface area contributed by atoms with Gasteiger partial charge >= 0.3 is 0 Å². The van der Waals surface area contributed by atoms with Crippen molar-refractivity contribution in [1.29, 1.82) is 0 Å². The standard InChI is InChI=1S/C54H34N2OS/c1-6-20-46(56-47-21-7-2-16-41(47)42-17-3-8-22-48(42)56)40(15-1)37-14-11-13-36(33-37)35-27-29-38(30-28-35)55(39-31-32-51-45(34-39)43-18-4-9-24-50(43)57-51)49-23-12-26-53-54(49)44-19-5-10-25-52(44)58-53/h1-34H. The summed E-state index contributed by atoms with van der Waals surface area (Å²) in [6.07, 6.45) is 0. The lowest BCUT2D eigenvalue weighted by Gasteiger charge is -2.27. The molecule has 4 heteroatoms. The SMILES string of the molecule is c1cc(-c2ccc(N(c3ccc4oc5ccccc5c4c3)c3cccc4sc5ccccc5c34)cc2)cc(-c2ccccc2-n2c3ccccc3c3ccccc32)c1. The van der Waals surface area contributed by atoms with E-state index in [9.17, 15) is 0 Å². The number of aromatic nitrogens is 1. The summed E-state index contributed by atoms with van der Waals surface area (Å²) in [6.45, 7) is 0. The Morgan fingerprint density at radius 1 is 0.397 bits per heavy atom. The van der Waals surface area contributed by atoms with Gasteiger partial charge in [0.15, 0.2) is 0 Å². The van der Waals surface area contributed by atoms with E-state index >= 15 is 0 Å². The van der Waals surface area contributed by atoms with Crippen LogP contribution < -0.4 is 4.90 Å². The zero-order chi connectivity index (χ0) is 38.2. The molecule has 0 spiro atoms. The molecule has 9 aromatic carbocycles. The van der Waals surface area contributed by atoms with Gasteiger partial charge in [-0.05, 0) is 95.6 Å². The molecule has 0 atom stereocenters. The molecule has 272 valence electrons. The third-order valence-electron chi connectivity index (χ3n) is 11.6. The zero-order valence-electron chi connectivity index (χ0n) is 31.3. The molecule has 0 unspecified atom stereocenters. The second-order valence-corrected chi connectivity index (χ2v) is 16.0. The summed E-state index contributed by atoms with van der Waals surface area (Å²) in [4.78, 5) is 2.41. The minimum atomic E-state index is 0.888. The number of hydrogen-bond donors (Lipinski definition) is 0. The fraction of sp³-hybridized carbons (Fsp3) is 0. The third-order valence-corrected chi connectivity index (χ3v) is 12.7. The lowest BCUT2D eigenvalue weighted by molar-refractivity contribution is 0.669. The number of anilines is 3. The molecule has 58 heavy (non-hydrogen) atoms. The Bertz CT molecular complexity index is 3480. The van der Waals surface area contributed by atoms with Crippen molar-refractivity contribution in [2.75, 3.05) is 4.90 Å². The molecule has 0 radical (unpaired) electrons. The maximum Gasteiger partial charge on any atom is 0.135 e. The summed E-state index contributed by atoms with van der Waals surface area (Å²) in [5, 5.41) is 7.28. The first-order valence-electron chi connectivity index (χ1n) is 19.7. The Labute approximate surface area is 338 Å². The number of thiophene rings is 1. The van der Waals surface area contributed by atoms with Crippen molar-refractivity contribution in [1.82, 2.24) is 4.57 Å². The Morgan fingerprint density at radius 2 is 1.02 bits per heavy atom. The van der Waals surface area contributed by atoms with Gasteiger partial charge in [-0.1, -0.05) is 127 Å². The Morgan fingerprint density at radius 3 is 1.84 bits per heavy atom. The fourth-order valence-corrected chi connectivity index (χ4v) is 10.1. The van der Waals surface area contributed by atoms with Crippen LogP contribution in [0.4, 0.5) is 17.1 Å². The van der Waals surface area contributed by atoms with Crippen molar-refractivity contribution in [3.8, 4) is 27.9 Å². The first-order valence-corrected chi connectivity index (χ1v) is 20.5. The third kappa shape index (κ3) is 5.12. The van der Waals surface area contributed by atoms with Gasteiger partial charge in [-0.25, -0.2) is 0 Å². The van der Waals surface area contributed by atoms with Gasteiger partial charge in [-0.15, -0.1) is 11.3 Å². The molecule has 12 aromatic rings. The highest BCUT2D eigenvalue weighted by Crippen LogP contribution is 2.46. The molecule has 0 saturated heterocycles. The molecule has 0 aliphatic heterocycles. The lowest BCUT2D eigenvalue weighted by atomic mass is 9.97. The first kappa shape index (κ1) is 32.8. The maximum absolute atomic E-state index is 6.27. The molecule has 0 aliphatic carbocycles. The van der Waals surface area contributed by atoms with Crippen molar-refractivity contribution in [2.24, 2.45) is 0 Å². The van der Waals surface area contributed by atoms with Crippen LogP contribution in [0.15, 0.2) is 211 Å². The van der Waals surface area contributed by atoms with E-state index in [0.717, 1.165) is 44.6 Å². The molecule has 3 nitrogen and oxygen atoms in total. The molecule has 0 fully saturated rings. The molecular weight excluding hydrogens is 725 g/mol. The molecular formula is C54H34N2OS. The van der Waals surface area contributed by atoms with Crippen molar-refractivity contribution >= 4 is 92.3 Å². The van der Waals surface area contributed by atoms with Gasteiger partial charge in [0, 0.05) is 58.7 Å². The largest absolute Gasteiger partial charge is 0.456 e. The summed E-state index contributed by atoms with van der Waals surface area (Å²) in [6, 6.07) is 74.5. The lowest BCUT2D eigenvalue weighted by Crippen LogP contribution is -2.10. The van der Waals surface area contributed by atoms with E-state index in [1.165, 1.54) is 64.4 Å². The quantitative estimate of drug-likeness (QED) is 0.168. The van der Waals surface area contributed by atoms with Crippen LogP contribution in [-0.4, -0.2) is 4.57 Å². The van der Waals surface area contributed by atoms with Crippen LogP contribution in [0.3, 0.4) is 0 Å². The van der Waals surface area contributed by atoms with Gasteiger partial charge in [0.25, 0.3) is 0 Å². The number of hydrogen-bond acceptors (Lipinski definition) is 3. The number of furan rings is 1. The molecule has 3 aromatic heterocycles. The van der Waals surface area contributed by atoms with E-state index in [1.807, 2.05) is 23.5 Å². The highest BCUT2D eigenvalue weighted by molar-refractivity contribution is 7.26. The molecule has 0 aliphatic rings. The summed E-state index contributed by atoms with van der Waals surface area (Å²) < 4.78 is 11.2. The van der Waals surface area contributed by atoms with Crippen molar-refractivity contribution in [3.05, 3.63) is 206 Å². The number of rotatable bonds is 6. The molecule has 0 amide bonds. The predicted molar refractivity (Wildman–Crippen MR) is 247 cm³/mol. The maximum atomic E-state index is 6.27. The molecule has 3 heterocycles. The van der Waals surface area contributed by atoms with Crippen LogP contribution in [0.5, 0.6) is 0 Å². The Balaban J connectivity index is 0.986. The van der Waals surface area contributed by atoms with E-state index in [0.29, 0.717) is 0 Å². The van der Waals surface area contributed by atoms with Crippen molar-refractivity contribution < 1.29 is 4.42 Å². The van der Waals surface area contributed by atoms with E-state index in [2.05, 4.69) is 204 Å². The first-order chi connectivity index (χ1) is 28.8. The zero-order valence-corrected chi connectivity index (χ0v) is 32.2. The topological polar surface area (TPSA) is 21.3 Å². The van der Waals surface area contributed by atoms with Crippen LogP contribution in [0.1, 0.15) is 0 Å². The Hall–Kier alpha value is -7.40. The van der Waals surface area contributed by atoms with Crippen LogP contribution in [0, 0.1) is 0 Å². The minimum Gasteiger partial charge on any atom is -0.456 e. The fourth-order valence-electron chi connectivity index (χ4n) is 8.99. The van der Waals surface area contributed by atoms with Crippen LogP contribution in [0.2, 0.25) is 0 Å². The summed E-state index contributed by atoms with van der Waals surface area (Å²) in [7, 11) is 0. The van der Waals surface area contributed by atoms with Crippen LogP contribution in [0.25, 0.3) is 91.9 Å². The van der Waals surface area contributed by atoms with E-state index in [-0.39, 0.29) is 0 Å². The monoisotopic (exact) mass is 758 g/mol. The second kappa shape index (κ2) is 13.1. The number of nitrogens with zero attached hydrogens (tertiary/aromatic N) is 2. The van der Waals surface area contributed by atoms with Crippen LogP contribution >= 0.6 is 11.3 Å². The summed E-state index contributed by atoms with van der Waals surface area (Å²) in [5.74, 6) is 0. The predicted octanol–water partition coefficient (Wildman–Crippen LogP) is 15.9. The molecule has 0 bridgehead atoms. The molecule has 0 N–H and O–H groups in total. The smallest absolute Gasteiger partial charge is 0.135 e.